The van der Waals surface area contributed by atoms with E-state index in [-0.39, 0.29) is 18.0 Å². The van der Waals surface area contributed by atoms with Crippen molar-refractivity contribution in [3.63, 3.8) is 0 Å². The molecule has 0 saturated carbocycles. The second-order valence-corrected chi connectivity index (χ2v) is 5.28. The Labute approximate surface area is 137 Å². The summed E-state index contributed by atoms with van der Waals surface area (Å²) in [5, 5.41) is 6.44. The van der Waals surface area contributed by atoms with Gasteiger partial charge in [0, 0.05) is 5.02 Å². The summed E-state index contributed by atoms with van der Waals surface area (Å²) in [6, 6.07) is 11.4. The van der Waals surface area contributed by atoms with Gasteiger partial charge in [-0.3, -0.25) is 9.59 Å². The van der Waals surface area contributed by atoms with Crippen molar-refractivity contribution in [1.82, 2.24) is 0 Å². The van der Waals surface area contributed by atoms with Gasteiger partial charge in [-0.15, -0.1) is 0 Å². The Hall–Kier alpha value is -2.24. The summed E-state index contributed by atoms with van der Waals surface area (Å²) in [7, 11) is 0. The van der Waals surface area contributed by atoms with E-state index in [1.165, 1.54) is 0 Å². The van der Waals surface area contributed by atoms with Gasteiger partial charge in [0.05, 0.1) is 28.5 Å². The lowest BCUT2D eigenvalue weighted by Crippen LogP contribution is -2.24. The fraction of sp³-hybridized carbons (Fsp3) is 0.0667. The number of hydrogen-bond donors (Lipinski definition) is 3. The van der Waals surface area contributed by atoms with E-state index in [4.69, 9.17) is 28.9 Å². The first-order valence-electron chi connectivity index (χ1n) is 6.35. The molecule has 0 bridgehead atoms. The summed E-state index contributed by atoms with van der Waals surface area (Å²) >= 11 is 11.8. The number of carbonyl (C=O) groups is 2. The number of carbonyl (C=O) groups excluding carboxylic acids is 2. The Morgan fingerprint density at radius 3 is 2.45 bits per heavy atom. The topological polar surface area (TPSA) is 84.2 Å². The first kappa shape index (κ1) is 16.1. The van der Waals surface area contributed by atoms with Crippen LogP contribution in [0.5, 0.6) is 0 Å². The smallest absolute Gasteiger partial charge is 0.250 e. The largest absolute Gasteiger partial charge is 0.375 e. The van der Waals surface area contributed by atoms with Gasteiger partial charge < -0.3 is 16.4 Å². The maximum Gasteiger partial charge on any atom is 0.250 e. The number of nitrogens with two attached hydrogens (primary N) is 1. The fourth-order valence-electron chi connectivity index (χ4n) is 1.81. The van der Waals surface area contributed by atoms with Gasteiger partial charge in [-0.25, -0.2) is 0 Å². The number of rotatable bonds is 5. The minimum atomic E-state index is -0.607. The molecule has 2 rings (SSSR count). The van der Waals surface area contributed by atoms with E-state index in [2.05, 4.69) is 10.6 Å². The van der Waals surface area contributed by atoms with Crippen LogP contribution in [0.25, 0.3) is 0 Å². The highest BCUT2D eigenvalue weighted by atomic mass is 35.5. The highest BCUT2D eigenvalue weighted by Gasteiger charge is 2.10. The third-order valence-electron chi connectivity index (χ3n) is 2.84. The molecule has 114 valence electrons. The van der Waals surface area contributed by atoms with Crippen LogP contribution in [-0.2, 0) is 4.79 Å². The molecular weight excluding hydrogens is 325 g/mol. The van der Waals surface area contributed by atoms with Crippen LogP contribution in [0.2, 0.25) is 10.0 Å². The van der Waals surface area contributed by atoms with Crippen molar-refractivity contribution >= 4 is 46.4 Å². The molecule has 2 aromatic rings. The highest BCUT2D eigenvalue weighted by Crippen LogP contribution is 2.25. The zero-order chi connectivity index (χ0) is 16.1. The Kier molecular flexibility index (Phi) is 5.25. The highest BCUT2D eigenvalue weighted by molar-refractivity contribution is 6.36. The Bertz CT molecular complexity index is 720. The van der Waals surface area contributed by atoms with Crippen molar-refractivity contribution in [3.8, 4) is 0 Å². The predicted molar refractivity (Wildman–Crippen MR) is 88.5 cm³/mol. The van der Waals surface area contributed by atoms with Crippen LogP contribution in [0.15, 0.2) is 42.5 Å². The molecule has 0 aliphatic carbocycles. The van der Waals surface area contributed by atoms with Crippen molar-refractivity contribution in [3.05, 3.63) is 58.1 Å². The minimum absolute atomic E-state index is 0.0194. The predicted octanol–water partition coefficient (Wildman–Crippen LogP) is 3.14. The summed E-state index contributed by atoms with van der Waals surface area (Å²) < 4.78 is 0. The van der Waals surface area contributed by atoms with E-state index in [0.717, 1.165) is 0 Å². The standard InChI is InChI=1S/C15H13Cl2N3O2/c16-9-5-6-13(11(17)7-9)19-8-14(21)20-12-4-2-1-3-10(12)15(18)22/h1-7,19H,8H2,(H2,18,22)(H,20,21). The lowest BCUT2D eigenvalue weighted by molar-refractivity contribution is -0.114. The number of halogens is 2. The molecule has 0 unspecified atom stereocenters. The molecule has 0 atom stereocenters. The Morgan fingerprint density at radius 2 is 1.77 bits per heavy atom. The van der Waals surface area contributed by atoms with E-state index in [1.54, 1.807) is 42.5 Å². The maximum absolute atomic E-state index is 11.9. The molecule has 4 N–H and O–H groups in total. The summed E-state index contributed by atoms with van der Waals surface area (Å²) in [5.41, 5.74) is 6.46. The monoisotopic (exact) mass is 337 g/mol. The summed E-state index contributed by atoms with van der Waals surface area (Å²) in [6.07, 6.45) is 0. The average molecular weight is 338 g/mol. The van der Waals surface area contributed by atoms with Gasteiger partial charge >= 0.3 is 0 Å². The summed E-state index contributed by atoms with van der Waals surface area (Å²) in [4.78, 5) is 23.2. The van der Waals surface area contributed by atoms with Crippen molar-refractivity contribution in [2.45, 2.75) is 0 Å². The van der Waals surface area contributed by atoms with Gasteiger partial charge in [0.2, 0.25) is 5.91 Å². The second kappa shape index (κ2) is 7.15. The van der Waals surface area contributed by atoms with E-state index < -0.39 is 5.91 Å². The molecule has 22 heavy (non-hydrogen) atoms. The Morgan fingerprint density at radius 1 is 1.05 bits per heavy atom. The first-order chi connectivity index (χ1) is 10.5. The number of amides is 2. The van der Waals surface area contributed by atoms with Crippen molar-refractivity contribution in [2.75, 3.05) is 17.2 Å². The maximum atomic E-state index is 11.9. The number of anilines is 2. The second-order valence-electron chi connectivity index (χ2n) is 4.44. The van der Waals surface area contributed by atoms with Crippen LogP contribution >= 0.6 is 23.2 Å². The zero-order valence-electron chi connectivity index (χ0n) is 11.4. The zero-order valence-corrected chi connectivity index (χ0v) is 12.9. The molecule has 2 amide bonds. The molecule has 0 radical (unpaired) electrons. The SMILES string of the molecule is NC(=O)c1ccccc1NC(=O)CNc1ccc(Cl)cc1Cl. The van der Waals surface area contributed by atoms with Crippen LogP contribution in [0.1, 0.15) is 10.4 Å². The van der Waals surface area contributed by atoms with E-state index in [9.17, 15) is 9.59 Å². The average Bonchev–Trinajstić information content (AvgIpc) is 2.46. The number of hydrogen-bond acceptors (Lipinski definition) is 3. The molecule has 0 spiro atoms. The van der Waals surface area contributed by atoms with Gasteiger partial charge in [0.1, 0.15) is 0 Å². The van der Waals surface area contributed by atoms with Crippen molar-refractivity contribution in [2.24, 2.45) is 5.73 Å². The molecule has 7 heteroatoms. The molecule has 0 heterocycles. The van der Waals surface area contributed by atoms with Crippen LogP contribution in [0, 0.1) is 0 Å². The van der Waals surface area contributed by atoms with Crippen LogP contribution < -0.4 is 16.4 Å². The van der Waals surface area contributed by atoms with Crippen molar-refractivity contribution in [1.29, 1.82) is 0 Å². The number of para-hydroxylation sites is 1. The van der Waals surface area contributed by atoms with E-state index >= 15 is 0 Å². The third kappa shape index (κ3) is 4.13. The van der Waals surface area contributed by atoms with E-state index in [1.807, 2.05) is 0 Å². The molecule has 0 aliphatic heterocycles. The fourth-order valence-corrected chi connectivity index (χ4v) is 2.29. The lowest BCUT2D eigenvalue weighted by atomic mass is 10.1. The molecule has 0 saturated heterocycles. The normalized spacial score (nSPS) is 10.1. The van der Waals surface area contributed by atoms with Crippen molar-refractivity contribution < 1.29 is 9.59 Å². The van der Waals surface area contributed by atoms with E-state index in [0.29, 0.717) is 21.4 Å². The number of primary amides is 1. The quantitative estimate of drug-likeness (QED) is 0.783. The summed E-state index contributed by atoms with van der Waals surface area (Å²) in [6.45, 7) is -0.0194. The number of benzene rings is 2. The third-order valence-corrected chi connectivity index (χ3v) is 3.38. The molecule has 5 nitrogen and oxygen atoms in total. The molecule has 2 aromatic carbocycles. The minimum Gasteiger partial charge on any atom is -0.375 e. The van der Waals surface area contributed by atoms with Gasteiger partial charge in [0.25, 0.3) is 5.91 Å². The molecule has 0 fully saturated rings. The number of nitrogens with one attached hydrogen (secondary N) is 2. The molecular formula is C15H13Cl2N3O2. The van der Waals surface area contributed by atoms with Crippen LogP contribution in [0.3, 0.4) is 0 Å². The van der Waals surface area contributed by atoms with Gasteiger partial charge in [-0.2, -0.15) is 0 Å². The molecule has 0 aromatic heterocycles. The molecule has 0 aliphatic rings. The van der Waals surface area contributed by atoms with Crippen LogP contribution in [0.4, 0.5) is 11.4 Å². The Balaban J connectivity index is 2.00. The van der Waals surface area contributed by atoms with Gasteiger partial charge in [0.15, 0.2) is 0 Å². The first-order valence-corrected chi connectivity index (χ1v) is 7.10. The summed E-state index contributed by atoms with van der Waals surface area (Å²) in [5.74, 6) is -0.940. The van der Waals surface area contributed by atoms with Gasteiger partial charge in [-0.05, 0) is 30.3 Å². The van der Waals surface area contributed by atoms with Crippen LogP contribution in [-0.4, -0.2) is 18.4 Å². The van der Waals surface area contributed by atoms with Gasteiger partial charge in [-0.1, -0.05) is 35.3 Å². The lowest BCUT2D eigenvalue weighted by Gasteiger charge is -2.11.